The average molecular weight is 423 g/mol. The number of hydrogen-bond donors (Lipinski definition) is 1. The van der Waals surface area contributed by atoms with E-state index >= 15 is 0 Å². The van der Waals surface area contributed by atoms with Gasteiger partial charge in [0.05, 0.1) is 11.6 Å². The van der Waals surface area contributed by atoms with Crippen LogP contribution in [-0.4, -0.2) is 34.9 Å². The molecule has 162 valence electrons. The number of carbonyl (C=O) groups excluding carboxylic acids is 1. The molecule has 2 fully saturated rings. The Hall–Kier alpha value is -2.86. The summed E-state index contributed by atoms with van der Waals surface area (Å²) in [6, 6.07) is 11.6. The van der Waals surface area contributed by atoms with Crippen molar-refractivity contribution < 1.29 is 23.8 Å². The summed E-state index contributed by atoms with van der Waals surface area (Å²) in [5.41, 5.74) is 0.952. The summed E-state index contributed by atoms with van der Waals surface area (Å²) in [4.78, 5) is 15.1. The molecular weight excluding hydrogens is 397 g/mol. The second kappa shape index (κ2) is 8.00. The van der Waals surface area contributed by atoms with E-state index in [9.17, 15) is 14.3 Å². The highest BCUT2D eigenvalue weighted by Crippen LogP contribution is 2.49. The third-order valence-electron chi connectivity index (χ3n) is 6.88. The number of likely N-dealkylation sites (tertiary alicyclic amines) is 1. The number of halogens is 1. The lowest BCUT2D eigenvalue weighted by Crippen LogP contribution is -2.56. The number of ether oxygens (including phenoxy) is 2. The average Bonchev–Trinajstić information content (AvgIpc) is 3.25. The number of rotatable bonds is 3. The first-order valence-corrected chi connectivity index (χ1v) is 10.9. The van der Waals surface area contributed by atoms with Crippen LogP contribution < -0.4 is 9.47 Å². The Bertz CT molecular complexity index is 1010. The van der Waals surface area contributed by atoms with Gasteiger partial charge in [0.1, 0.15) is 5.82 Å². The van der Waals surface area contributed by atoms with E-state index in [0.29, 0.717) is 24.5 Å². The van der Waals surface area contributed by atoms with Crippen molar-refractivity contribution in [3.05, 3.63) is 65.5 Å². The lowest BCUT2D eigenvalue weighted by Gasteiger charge is -2.52. The molecule has 1 amide bonds. The van der Waals surface area contributed by atoms with Crippen LogP contribution in [0.25, 0.3) is 6.08 Å². The molecule has 1 saturated heterocycles. The van der Waals surface area contributed by atoms with Crippen LogP contribution in [0.4, 0.5) is 4.39 Å². The van der Waals surface area contributed by atoms with Gasteiger partial charge in [0.15, 0.2) is 11.5 Å². The number of benzene rings is 2. The molecule has 2 aromatic rings. The van der Waals surface area contributed by atoms with E-state index in [1.165, 1.54) is 12.1 Å². The standard InChI is InChI=1S/C25H26FNO4/c26-19-8-6-18(7-9-19)24-20-3-1-2-12-25(20,29)13-14-27(24)23(28)11-5-17-4-10-21-22(15-17)31-16-30-21/h4-11,15,20,24,29H,1-3,12-14,16H2/b11-5+. The van der Waals surface area contributed by atoms with Gasteiger partial charge in [0.25, 0.3) is 0 Å². The van der Waals surface area contributed by atoms with E-state index in [-0.39, 0.29) is 30.5 Å². The Morgan fingerprint density at radius 3 is 2.74 bits per heavy atom. The number of carbonyl (C=O) groups is 1. The van der Waals surface area contributed by atoms with E-state index in [1.807, 2.05) is 23.1 Å². The van der Waals surface area contributed by atoms with E-state index in [1.54, 1.807) is 24.3 Å². The van der Waals surface area contributed by atoms with Crippen molar-refractivity contribution in [2.45, 2.75) is 43.7 Å². The van der Waals surface area contributed by atoms with E-state index in [4.69, 9.17) is 9.47 Å². The van der Waals surface area contributed by atoms with Crippen molar-refractivity contribution >= 4 is 12.0 Å². The molecule has 1 N–H and O–H groups in total. The van der Waals surface area contributed by atoms with Gasteiger partial charge in [-0.1, -0.05) is 31.0 Å². The van der Waals surface area contributed by atoms with Gasteiger partial charge in [-0.2, -0.15) is 0 Å². The largest absolute Gasteiger partial charge is 0.454 e. The normalized spacial score (nSPS) is 27.4. The Morgan fingerprint density at radius 2 is 1.90 bits per heavy atom. The maximum absolute atomic E-state index is 13.6. The first-order chi connectivity index (χ1) is 15.0. The maximum atomic E-state index is 13.6. The monoisotopic (exact) mass is 423 g/mol. The molecule has 6 heteroatoms. The minimum Gasteiger partial charge on any atom is -0.454 e. The maximum Gasteiger partial charge on any atom is 0.247 e. The van der Waals surface area contributed by atoms with Crippen LogP contribution in [0.3, 0.4) is 0 Å². The van der Waals surface area contributed by atoms with Gasteiger partial charge in [0, 0.05) is 18.5 Å². The molecule has 1 aliphatic carbocycles. The Morgan fingerprint density at radius 1 is 1.10 bits per heavy atom. The van der Waals surface area contributed by atoms with Gasteiger partial charge in [0.2, 0.25) is 12.7 Å². The van der Waals surface area contributed by atoms with Gasteiger partial charge >= 0.3 is 0 Å². The van der Waals surface area contributed by atoms with Crippen LogP contribution in [0.1, 0.15) is 49.3 Å². The summed E-state index contributed by atoms with van der Waals surface area (Å²) in [6.07, 6.45) is 7.55. The van der Waals surface area contributed by atoms with Crippen LogP contribution in [0.5, 0.6) is 11.5 Å². The first kappa shape index (κ1) is 20.1. The Labute approximate surface area is 181 Å². The SMILES string of the molecule is O=C(/C=C/c1ccc2c(c1)OCO2)N1CCC2(O)CCCCC2C1c1ccc(F)cc1. The fraction of sp³-hybridized carbons (Fsp3) is 0.400. The summed E-state index contributed by atoms with van der Waals surface area (Å²) in [5, 5.41) is 11.3. The van der Waals surface area contributed by atoms with Gasteiger partial charge in [-0.3, -0.25) is 4.79 Å². The molecule has 3 unspecified atom stereocenters. The second-order valence-electron chi connectivity index (χ2n) is 8.68. The molecule has 5 nitrogen and oxygen atoms in total. The minimum atomic E-state index is -0.769. The molecule has 0 bridgehead atoms. The summed E-state index contributed by atoms with van der Waals surface area (Å²) in [6.45, 7) is 0.679. The quantitative estimate of drug-likeness (QED) is 0.741. The fourth-order valence-corrected chi connectivity index (χ4v) is 5.28. The van der Waals surface area contributed by atoms with Crippen LogP contribution in [0.15, 0.2) is 48.5 Å². The molecule has 31 heavy (non-hydrogen) atoms. The summed E-state index contributed by atoms with van der Waals surface area (Å²) in [7, 11) is 0. The van der Waals surface area contributed by atoms with E-state index < -0.39 is 5.60 Å². The van der Waals surface area contributed by atoms with Crippen LogP contribution in [0, 0.1) is 11.7 Å². The number of fused-ring (bicyclic) bond motifs is 2. The number of piperidine rings is 1. The van der Waals surface area contributed by atoms with Crippen LogP contribution in [0.2, 0.25) is 0 Å². The van der Waals surface area contributed by atoms with Gasteiger partial charge < -0.3 is 19.5 Å². The van der Waals surface area contributed by atoms with Gasteiger partial charge in [-0.05, 0) is 60.7 Å². The second-order valence-corrected chi connectivity index (χ2v) is 8.68. The molecule has 0 spiro atoms. The molecule has 5 rings (SSSR count). The number of nitrogens with zero attached hydrogens (tertiary/aromatic N) is 1. The highest BCUT2D eigenvalue weighted by atomic mass is 19.1. The lowest BCUT2D eigenvalue weighted by atomic mass is 9.66. The summed E-state index contributed by atoms with van der Waals surface area (Å²) in [5.74, 6) is 0.901. The predicted molar refractivity (Wildman–Crippen MR) is 114 cm³/mol. The van der Waals surface area contributed by atoms with Crippen molar-refractivity contribution in [3.8, 4) is 11.5 Å². The third-order valence-corrected chi connectivity index (χ3v) is 6.88. The molecule has 1 saturated carbocycles. The zero-order valence-electron chi connectivity index (χ0n) is 17.3. The number of hydrogen-bond acceptors (Lipinski definition) is 4. The number of aliphatic hydroxyl groups is 1. The molecule has 2 aromatic carbocycles. The Balaban J connectivity index is 1.43. The van der Waals surface area contributed by atoms with Crippen molar-refractivity contribution in [3.63, 3.8) is 0 Å². The van der Waals surface area contributed by atoms with Crippen molar-refractivity contribution in [1.29, 1.82) is 0 Å². The molecule has 3 atom stereocenters. The topological polar surface area (TPSA) is 59.0 Å². The zero-order chi connectivity index (χ0) is 21.4. The summed E-state index contributed by atoms with van der Waals surface area (Å²) >= 11 is 0. The van der Waals surface area contributed by atoms with Crippen molar-refractivity contribution in [2.24, 2.45) is 5.92 Å². The van der Waals surface area contributed by atoms with E-state index in [0.717, 1.165) is 36.8 Å². The molecule has 2 heterocycles. The highest BCUT2D eigenvalue weighted by Gasteiger charge is 2.49. The summed E-state index contributed by atoms with van der Waals surface area (Å²) < 4.78 is 24.3. The highest BCUT2D eigenvalue weighted by molar-refractivity contribution is 5.92. The molecular formula is C25H26FNO4. The van der Waals surface area contributed by atoms with Gasteiger partial charge in [-0.25, -0.2) is 4.39 Å². The zero-order valence-corrected chi connectivity index (χ0v) is 17.3. The molecule has 2 aliphatic heterocycles. The third kappa shape index (κ3) is 3.81. The fourth-order valence-electron chi connectivity index (χ4n) is 5.28. The lowest BCUT2D eigenvalue weighted by molar-refractivity contribution is -0.150. The first-order valence-electron chi connectivity index (χ1n) is 10.9. The van der Waals surface area contributed by atoms with Crippen LogP contribution in [-0.2, 0) is 4.79 Å². The Kier molecular flexibility index (Phi) is 5.18. The number of amides is 1. The van der Waals surface area contributed by atoms with Gasteiger partial charge in [-0.15, -0.1) is 0 Å². The van der Waals surface area contributed by atoms with E-state index in [2.05, 4.69) is 0 Å². The van der Waals surface area contributed by atoms with Crippen molar-refractivity contribution in [1.82, 2.24) is 4.90 Å². The van der Waals surface area contributed by atoms with Crippen molar-refractivity contribution in [2.75, 3.05) is 13.3 Å². The molecule has 0 aromatic heterocycles. The van der Waals surface area contributed by atoms with Crippen LogP contribution >= 0.6 is 0 Å². The smallest absolute Gasteiger partial charge is 0.247 e. The molecule has 3 aliphatic rings. The molecule has 0 radical (unpaired) electrons. The predicted octanol–water partition coefficient (Wildman–Crippen LogP) is 4.46. The minimum absolute atomic E-state index is 0.0524.